The molecule has 1 aromatic carbocycles. The normalized spacial score (nSPS) is 23.4. The number of carbonyl (C=O) groups is 2. The minimum absolute atomic E-state index is 0.0417. The predicted octanol–water partition coefficient (Wildman–Crippen LogP) is 1.77. The van der Waals surface area contributed by atoms with Gasteiger partial charge in [-0.05, 0) is 44.6 Å². The lowest BCUT2D eigenvalue weighted by atomic mass is 9.90. The summed E-state index contributed by atoms with van der Waals surface area (Å²) in [5.41, 5.74) is -0.229. The average molecular weight is 346 g/mol. The van der Waals surface area contributed by atoms with Crippen LogP contribution in [-0.2, 0) is 9.59 Å². The first-order chi connectivity index (χ1) is 11.9. The molecule has 0 aliphatic carbocycles. The van der Waals surface area contributed by atoms with Gasteiger partial charge in [0.2, 0.25) is 11.5 Å². The molecule has 0 spiro atoms. The van der Waals surface area contributed by atoms with Gasteiger partial charge in [-0.25, -0.2) is 4.79 Å². The van der Waals surface area contributed by atoms with E-state index in [0.29, 0.717) is 31.7 Å². The number of hydrogen-bond acceptors (Lipinski definition) is 4. The topological polar surface area (TPSA) is 70.1 Å². The van der Waals surface area contributed by atoms with Crippen LogP contribution in [0.15, 0.2) is 24.3 Å². The van der Waals surface area contributed by atoms with Gasteiger partial charge in [-0.2, -0.15) is 0 Å². The average Bonchev–Trinajstić information content (AvgIpc) is 3.01. The van der Waals surface area contributed by atoms with Crippen LogP contribution in [0.2, 0.25) is 0 Å². The lowest BCUT2D eigenvalue weighted by molar-refractivity contribution is -0.162. The van der Waals surface area contributed by atoms with E-state index in [1.54, 1.807) is 6.07 Å². The molecule has 1 amide bonds. The third-order valence-corrected chi connectivity index (χ3v) is 5.32. The molecule has 6 nitrogen and oxygen atoms in total. The van der Waals surface area contributed by atoms with Gasteiger partial charge in [0.05, 0.1) is 5.92 Å². The maximum atomic E-state index is 12.6. The highest BCUT2D eigenvalue weighted by Crippen LogP contribution is 2.31. The lowest BCUT2D eigenvalue weighted by Crippen LogP contribution is -2.55. The molecule has 0 radical (unpaired) electrons. The Bertz CT molecular complexity index is 653. The summed E-state index contributed by atoms with van der Waals surface area (Å²) in [6.07, 6.45) is 1.50. The zero-order valence-electron chi connectivity index (χ0n) is 14.9. The molecule has 2 heterocycles. The molecule has 6 heteroatoms. The number of piperidine rings is 1. The first kappa shape index (κ1) is 17.7. The van der Waals surface area contributed by atoms with E-state index in [4.69, 9.17) is 4.74 Å². The maximum Gasteiger partial charge on any atom is 0.348 e. The number of carbonyl (C=O) groups excluding carboxylic acids is 1. The summed E-state index contributed by atoms with van der Waals surface area (Å²) in [6, 6.07) is 7.43. The SMILES string of the molecule is Cc1cccc(OC2(C(=O)O)CCN(C(=O)[C@H]3CCN(C)C3)CC2)c1. The number of aryl methyl sites for hydroxylation is 1. The van der Waals surface area contributed by atoms with Crippen LogP contribution in [0.5, 0.6) is 5.75 Å². The van der Waals surface area contributed by atoms with Crippen LogP contribution in [0.3, 0.4) is 0 Å². The van der Waals surface area contributed by atoms with E-state index in [1.165, 1.54) is 0 Å². The van der Waals surface area contributed by atoms with Crippen molar-refractivity contribution in [2.24, 2.45) is 5.92 Å². The van der Waals surface area contributed by atoms with E-state index in [0.717, 1.165) is 25.1 Å². The number of aliphatic carboxylic acids is 1. The highest BCUT2D eigenvalue weighted by atomic mass is 16.5. The maximum absolute atomic E-state index is 12.6. The molecule has 0 bridgehead atoms. The number of amides is 1. The predicted molar refractivity (Wildman–Crippen MR) is 93.6 cm³/mol. The summed E-state index contributed by atoms with van der Waals surface area (Å²) in [7, 11) is 2.02. The van der Waals surface area contributed by atoms with Crippen LogP contribution in [-0.4, -0.2) is 65.6 Å². The summed E-state index contributed by atoms with van der Waals surface area (Å²) in [6.45, 7) is 4.54. The van der Waals surface area contributed by atoms with Crippen molar-refractivity contribution in [3.8, 4) is 5.75 Å². The van der Waals surface area contributed by atoms with Crippen LogP contribution in [0.25, 0.3) is 0 Å². The van der Waals surface area contributed by atoms with Gasteiger partial charge in [-0.3, -0.25) is 4.79 Å². The number of benzene rings is 1. The molecule has 2 aliphatic rings. The number of carboxylic acid groups (broad SMARTS) is 1. The Kier molecular flexibility index (Phi) is 4.99. The number of rotatable bonds is 4. The van der Waals surface area contributed by atoms with Crippen LogP contribution >= 0.6 is 0 Å². The number of nitrogens with zero attached hydrogens (tertiary/aromatic N) is 2. The minimum atomic E-state index is -1.25. The third-order valence-electron chi connectivity index (χ3n) is 5.32. The first-order valence-corrected chi connectivity index (χ1v) is 8.86. The zero-order valence-corrected chi connectivity index (χ0v) is 14.9. The second-order valence-electron chi connectivity index (χ2n) is 7.29. The molecule has 1 atom stereocenters. The van der Waals surface area contributed by atoms with Crippen molar-refractivity contribution >= 4 is 11.9 Å². The van der Waals surface area contributed by atoms with Gasteiger partial charge in [-0.1, -0.05) is 12.1 Å². The second-order valence-corrected chi connectivity index (χ2v) is 7.29. The molecule has 0 saturated carbocycles. The largest absolute Gasteiger partial charge is 0.478 e. The van der Waals surface area contributed by atoms with Gasteiger partial charge < -0.3 is 19.6 Å². The highest BCUT2D eigenvalue weighted by molar-refractivity contribution is 5.81. The van der Waals surface area contributed by atoms with Crippen molar-refractivity contribution in [3.05, 3.63) is 29.8 Å². The van der Waals surface area contributed by atoms with Crippen molar-refractivity contribution in [3.63, 3.8) is 0 Å². The Balaban J connectivity index is 1.66. The van der Waals surface area contributed by atoms with E-state index in [-0.39, 0.29) is 11.8 Å². The van der Waals surface area contributed by atoms with Crippen molar-refractivity contribution in [1.82, 2.24) is 9.80 Å². The molecule has 2 aliphatic heterocycles. The molecule has 2 saturated heterocycles. The number of ether oxygens (including phenoxy) is 1. The van der Waals surface area contributed by atoms with E-state index in [9.17, 15) is 14.7 Å². The van der Waals surface area contributed by atoms with Crippen LogP contribution in [0.4, 0.5) is 0 Å². The monoisotopic (exact) mass is 346 g/mol. The number of likely N-dealkylation sites (tertiary alicyclic amines) is 2. The smallest absolute Gasteiger partial charge is 0.348 e. The molecule has 136 valence electrons. The molecule has 3 rings (SSSR count). The standard InChI is InChI=1S/C19H26N2O4/c1-14-4-3-5-16(12-14)25-19(18(23)24)7-10-21(11-8-19)17(22)15-6-9-20(2)13-15/h3-5,12,15H,6-11,13H2,1-2H3,(H,23,24)/t15-/m0/s1. The van der Waals surface area contributed by atoms with Gasteiger partial charge in [-0.15, -0.1) is 0 Å². The molecular formula is C19H26N2O4. The minimum Gasteiger partial charge on any atom is -0.478 e. The fourth-order valence-electron chi connectivity index (χ4n) is 3.75. The van der Waals surface area contributed by atoms with Crippen molar-refractivity contribution in [2.75, 3.05) is 33.2 Å². The molecule has 1 N–H and O–H groups in total. The Hall–Kier alpha value is -2.08. The van der Waals surface area contributed by atoms with Crippen LogP contribution in [0, 0.1) is 12.8 Å². The quantitative estimate of drug-likeness (QED) is 0.900. The van der Waals surface area contributed by atoms with Crippen molar-refractivity contribution in [1.29, 1.82) is 0 Å². The van der Waals surface area contributed by atoms with E-state index in [2.05, 4.69) is 4.90 Å². The second kappa shape index (κ2) is 7.04. The van der Waals surface area contributed by atoms with Gasteiger partial charge in [0.1, 0.15) is 5.75 Å². The van der Waals surface area contributed by atoms with E-state index in [1.807, 2.05) is 37.1 Å². The molecule has 25 heavy (non-hydrogen) atoms. The van der Waals surface area contributed by atoms with Gasteiger partial charge >= 0.3 is 5.97 Å². The van der Waals surface area contributed by atoms with Crippen molar-refractivity contribution in [2.45, 2.75) is 31.8 Å². The molecule has 0 unspecified atom stereocenters. The summed E-state index contributed by atoms with van der Waals surface area (Å²) in [4.78, 5) is 28.5. The summed E-state index contributed by atoms with van der Waals surface area (Å²) in [5, 5.41) is 9.76. The van der Waals surface area contributed by atoms with E-state index >= 15 is 0 Å². The number of carboxylic acids is 1. The summed E-state index contributed by atoms with van der Waals surface area (Å²) in [5.74, 6) is -0.194. The van der Waals surface area contributed by atoms with Crippen LogP contribution in [0.1, 0.15) is 24.8 Å². The Morgan fingerprint density at radius 1 is 1.24 bits per heavy atom. The fourth-order valence-corrected chi connectivity index (χ4v) is 3.75. The van der Waals surface area contributed by atoms with Gasteiger partial charge in [0, 0.05) is 32.5 Å². The third kappa shape index (κ3) is 3.79. The Morgan fingerprint density at radius 2 is 1.96 bits per heavy atom. The fraction of sp³-hybridized carbons (Fsp3) is 0.579. The van der Waals surface area contributed by atoms with Crippen molar-refractivity contribution < 1.29 is 19.4 Å². The molecule has 1 aromatic rings. The summed E-state index contributed by atoms with van der Waals surface area (Å²) < 4.78 is 5.91. The van der Waals surface area contributed by atoms with Gasteiger partial charge in [0.25, 0.3) is 0 Å². The van der Waals surface area contributed by atoms with Gasteiger partial charge in [0.15, 0.2) is 0 Å². The molecule has 2 fully saturated rings. The van der Waals surface area contributed by atoms with Crippen LogP contribution < -0.4 is 4.74 Å². The Morgan fingerprint density at radius 3 is 2.52 bits per heavy atom. The Labute approximate surface area is 148 Å². The lowest BCUT2D eigenvalue weighted by Gasteiger charge is -2.39. The summed E-state index contributed by atoms with van der Waals surface area (Å²) >= 11 is 0. The molecule has 0 aromatic heterocycles. The molecular weight excluding hydrogens is 320 g/mol. The number of hydrogen-bond donors (Lipinski definition) is 1. The highest BCUT2D eigenvalue weighted by Gasteiger charge is 2.45. The first-order valence-electron chi connectivity index (χ1n) is 8.86. The zero-order chi connectivity index (χ0) is 18.0. The van der Waals surface area contributed by atoms with E-state index < -0.39 is 11.6 Å².